The largest absolute Gasteiger partial charge is 0.486 e. The van der Waals surface area contributed by atoms with Crippen LogP contribution in [0.1, 0.15) is 24.2 Å². The number of carbonyl (C=O) groups is 1. The molecule has 10 nitrogen and oxygen atoms in total. The van der Waals surface area contributed by atoms with E-state index in [2.05, 4.69) is 35.3 Å². The van der Waals surface area contributed by atoms with Crippen LogP contribution in [0.5, 0.6) is 5.75 Å². The minimum atomic E-state index is -0.649. The topological polar surface area (TPSA) is 131 Å². The summed E-state index contributed by atoms with van der Waals surface area (Å²) in [7, 11) is 1.26. The molecule has 0 aliphatic rings. The number of methoxy groups -OCH3 is 1. The minimum absolute atomic E-state index is 0. The number of hydrogen-bond donors (Lipinski definition) is 3. The zero-order chi connectivity index (χ0) is 24.1. The van der Waals surface area contributed by atoms with E-state index in [1.54, 1.807) is 31.3 Å². The predicted molar refractivity (Wildman–Crippen MR) is 139 cm³/mol. The number of rotatable bonds is 7. The molecule has 3 aromatic heterocycles. The van der Waals surface area contributed by atoms with Crippen LogP contribution in [-0.4, -0.2) is 33.1 Å². The smallest absolute Gasteiger partial charge is 0.412 e. The van der Waals surface area contributed by atoms with E-state index in [0.29, 0.717) is 21.9 Å². The van der Waals surface area contributed by atoms with Crippen molar-refractivity contribution >= 4 is 53.9 Å². The van der Waals surface area contributed by atoms with Crippen molar-refractivity contribution in [3.8, 4) is 5.75 Å². The second kappa shape index (κ2) is 11.5. The second-order valence-electron chi connectivity index (χ2n) is 7.28. The fourth-order valence-electron chi connectivity index (χ4n) is 3.22. The molecule has 0 unspecified atom stereocenters. The number of carbonyl (C=O) groups excluding carboxylic acids is 1. The van der Waals surface area contributed by atoms with Crippen molar-refractivity contribution in [2.75, 3.05) is 17.7 Å². The molecule has 0 aliphatic carbocycles. The first-order valence-electron chi connectivity index (χ1n) is 10.3. The lowest BCUT2D eigenvalue weighted by atomic mass is 10.1. The summed E-state index contributed by atoms with van der Waals surface area (Å²) in [5, 5.41) is 6.67. The van der Waals surface area contributed by atoms with Crippen LogP contribution in [0.4, 0.5) is 16.6 Å². The Hall–Kier alpha value is -3.83. The summed E-state index contributed by atoms with van der Waals surface area (Å²) in [6, 6.07) is 11.8. The zero-order valence-electron chi connectivity index (χ0n) is 18.8. The first-order valence-corrected chi connectivity index (χ1v) is 10.6. The van der Waals surface area contributed by atoms with E-state index in [9.17, 15) is 9.59 Å². The second-order valence-corrected chi connectivity index (χ2v) is 7.69. The average molecular weight is 515 g/mol. The number of aromatic amines is 1. The van der Waals surface area contributed by atoms with Gasteiger partial charge >= 0.3 is 6.09 Å². The normalized spacial score (nSPS) is 11.3. The highest BCUT2D eigenvalue weighted by Crippen LogP contribution is 2.30. The lowest BCUT2D eigenvalue weighted by Crippen LogP contribution is -2.20. The molecular formula is C23H23ClN6O4S. The highest BCUT2D eigenvalue weighted by atomic mass is 35.5. The highest BCUT2D eigenvalue weighted by Gasteiger charge is 2.15. The van der Waals surface area contributed by atoms with Crippen molar-refractivity contribution in [2.45, 2.75) is 19.6 Å². The molecule has 0 aliphatic heterocycles. The van der Waals surface area contributed by atoms with Gasteiger partial charge in [0.25, 0.3) is 5.56 Å². The molecule has 1 amide bonds. The van der Waals surface area contributed by atoms with E-state index in [0.717, 1.165) is 11.1 Å². The lowest BCUT2D eigenvalue weighted by Gasteiger charge is -2.15. The van der Waals surface area contributed by atoms with Gasteiger partial charge in [-0.2, -0.15) is 18.5 Å². The summed E-state index contributed by atoms with van der Waals surface area (Å²) >= 11 is 6.42. The summed E-state index contributed by atoms with van der Waals surface area (Å²) in [6.45, 7) is 2.05. The Morgan fingerprint density at radius 1 is 1.17 bits per heavy atom. The van der Waals surface area contributed by atoms with Crippen molar-refractivity contribution in [1.29, 1.82) is 0 Å². The third-order valence-corrected chi connectivity index (χ3v) is 5.21. The molecule has 12 heteroatoms. The number of nitrogens with zero attached hydrogens (tertiary/aromatic N) is 3. The van der Waals surface area contributed by atoms with Crippen molar-refractivity contribution < 1.29 is 14.3 Å². The van der Waals surface area contributed by atoms with Crippen LogP contribution in [0, 0.1) is 0 Å². The van der Waals surface area contributed by atoms with Crippen LogP contribution in [-0.2, 0) is 11.3 Å². The molecule has 1 aromatic carbocycles. The number of aromatic nitrogens is 4. The number of pyridine rings is 2. The molecule has 0 saturated heterocycles. The average Bonchev–Trinajstić information content (AvgIpc) is 2.83. The standard InChI is InChI=1S/C23H21ClN6O4.H2S/c1-13(27-22-26-8-6-20(29-22)30-23(32)33-2)16-9-14-10-17(24)19(11-18(14)28-21(16)31)34-12-15-5-3-4-7-25-15;/h3-11,13H,12H2,1-2H3,(H,28,31)(H2,26,27,29,30,32);1H2/t13-;/m0./s1. The Labute approximate surface area is 212 Å². The molecule has 0 radical (unpaired) electrons. The molecule has 0 spiro atoms. The third-order valence-electron chi connectivity index (χ3n) is 4.91. The number of hydrogen-bond acceptors (Lipinski definition) is 8. The molecule has 3 heterocycles. The summed E-state index contributed by atoms with van der Waals surface area (Å²) in [5.74, 6) is 0.934. The minimum Gasteiger partial charge on any atom is -0.486 e. The van der Waals surface area contributed by atoms with E-state index in [1.807, 2.05) is 18.2 Å². The Morgan fingerprint density at radius 2 is 2.00 bits per heavy atom. The number of ether oxygens (including phenoxy) is 2. The Kier molecular flexibility index (Phi) is 8.50. The van der Waals surface area contributed by atoms with Crippen molar-refractivity contribution in [3.05, 3.63) is 81.5 Å². The predicted octanol–water partition coefficient (Wildman–Crippen LogP) is 4.41. The van der Waals surface area contributed by atoms with Gasteiger partial charge in [0, 0.05) is 29.4 Å². The van der Waals surface area contributed by atoms with Gasteiger partial charge in [-0.1, -0.05) is 17.7 Å². The number of fused-ring (bicyclic) bond motifs is 1. The van der Waals surface area contributed by atoms with Gasteiger partial charge in [-0.25, -0.2) is 9.78 Å². The molecule has 4 rings (SSSR count). The quantitative estimate of drug-likeness (QED) is 0.330. The Balaban J connectivity index is 0.00000342. The Bertz CT molecular complexity index is 1390. The fourth-order valence-corrected chi connectivity index (χ4v) is 3.44. The maximum absolute atomic E-state index is 12.8. The van der Waals surface area contributed by atoms with Gasteiger partial charge in [0.2, 0.25) is 5.95 Å². The SMILES string of the molecule is COC(=O)Nc1ccnc(N[C@@H](C)c2cc3cc(Cl)c(OCc4ccccn4)cc3[nH]c2=O)n1.S. The number of amides is 1. The van der Waals surface area contributed by atoms with E-state index in [1.165, 1.54) is 19.4 Å². The number of nitrogens with one attached hydrogen (secondary N) is 3. The van der Waals surface area contributed by atoms with Crippen LogP contribution in [0.3, 0.4) is 0 Å². The molecule has 0 saturated carbocycles. The molecule has 0 fully saturated rings. The zero-order valence-corrected chi connectivity index (χ0v) is 20.6. The van der Waals surface area contributed by atoms with Crippen LogP contribution < -0.4 is 20.9 Å². The summed E-state index contributed by atoms with van der Waals surface area (Å²) < 4.78 is 10.3. The van der Waals surface area contributed by atoms with E-state index in [-0.39, 0.29) is 37.4 Å². The Morgan fingerprint density at radius 3 is 2.74 bits per heavy atom. The molecule has 4 aromatic rings. The summed E-state index contributed by atoms with van der Waals surface area (Å²) in [4.78, 5) is 39.6. The lowest BCUT2D eigenvalue weighted by molar-refractivity contribution is 0.187. The number of H-pyrrole nitrogens is 1. The molecule has 0 bridgehead atoms. The van der Waals surface area contributed by atoms with Gasteiger partial charge in [0.05, 0.1) is 29.4 Å². The van der Waals surface area contributed by atoms with Gasteiger partial charge in [-0.05, 0) is 37.3 Å². The summed E-state index contributed by atoms with van der Waals surface area (Å²) in [6.07, 6.45) is 2.51. The molecule has 35 heavy (non-hydrogen) atoms. The van der Waals surface area contributed by atoms with Crippen molar-refractivity contribution in [3.63, 3.8) is 0 Å². The van der Waals surface area contributed by atoms with Crippen LogP contribution in [0.15, 0.2) is 59.7 Å². The first-order chi connectivity index (χ1) is 16.4. The van der Waals surface area contributed by atoms with Crippen LogP contribution >= 0.6 is 25.1 Å². The van der Waals surface area contributed by atoms with E-state index in [4.69, 9.17) is 16.3 Å². The van der Waals surface area contributed by atoms with E-state index < -0.39 is 12.1 Å². The number of anilines is 2. The van der Waals surface area contributed by atoms with Gasteiger partial charge in [-0.3, -0.25) is 15.1 Å². The fraction of sp³-hybridized carbons (Fsp3) is 0.174. The first kappa shape index (κ1) is 25.8. The van der Waals surface area contributed by atoms with Crippen LogP contribution in [0.2, 0.25) is 5.02 Å². The molecule has 3 N–H and O–H groups in total. The van der Waals surface area contributed by atoms with Gasteiger partial charge < -0.3 is 19.8 Å². The third kappa shape index (κ3) is 6.40. The monoisotopic (exact) mass is 514 g/mol. The molecule has 1 atom stereocenters. The summed E-state index contributed by atoms with van der Waals surface area (Å²) in [5.41, 5.74) is 1.52. The number of halogens is 1. The van der Waals surface area contributed by atoms with E-state index >= 15 is 0 Å². The van der Waals surface area contributed by atoms with Gasteiger partial charge in [0.15, 0.2) is 0 Å². The van der Waals surface area contributed by atoms with Gasteiger partial charge in [0.1, 0.15) is 18.2 Å². The molecule has 182 valence electrons. The van der Waals surface area contributed by atoms with Crippen molar-refractivity contribution in [2.24, 2.45) is 0 Å². The maximum Gasteiger partial charge on any atom is 0.412 e. The van der Waals surface area contributed by atoms with Gasteiger partial charge in [-0.15, -0.1) is 0 Å². The number of benzene rings is 1. The molecular weight excluding hydrogens is 492 g/mol. The highest BCUT2D eigenvalue weighted by molar-refractivity contribution is 7.59. The van der Waals surface area contributed by atoms with Crippen LogP contribution in [0.25, 0.3) is 10.9 Å². The maximum atomic E-state index is 12.8. The van der Waals surface area contributed by atoms with Crippen molar-refractivity contribution in [1.82, 2.24) is 19.9 Å².